The molecule has 0 radical (unpaired) electrons. The van der Waals surface area contributed by atoms with Crippen molar-refractivity contribution in [3.63, 3.8) is 0 Å². The Kier molecular flexibility index (Phi) is 2.81. The second-order valence-corrected chi connectivity index (χ2v) is 2.63. The number of amides is 1. The highest BCUT2D eigenvalue weighted by molar-refractivity contribution is 5.79. The molecule has 70 valence electrons. The number of nitrogens with two attached hydrogens (primary N) is 1. The van der Waals surface area contributed by atoms with Crippen LogP contribution in [-0.4, -0.2) is 10.5 Å². The monoisotopic (exact) mass is 181 g/mol. The average molecular weight is 181 g/mol. The lowest BCUT2D eigenvalue weighted by atomic mass is 10.3. The Hall–Kier alpha value is -1.62. The second kappa shape index (κ2) is 3.86. The lowest BCUT2D eigenvalue weighted by Gasteiger charge is -2.12. The first-order chi connectivity index (χ1) is 6.16. The summed E-state index contributed by atoms with van der Waals surface area (Å²) in [6, 6.07) is 4.10. The number of hydrogen-bond donors (Lipinski definition) is 2. The molecule has 0 aliphatic carbocycles. The topological polar surface area (TPSA) is 77.1 Å². The zero-order valence-electron chi connectivity index (χ0n) is 7.23. The molecule has 0 fully saturated rings. The lowest BCUT2D eigenvalue weighted by molar-refractivity contribution is -0.124. The van der Waals surface area contributed by atoms with Gasteiger partial charge in [-0.25, -0.2) is 5.84 Å². The molecule has 0 aromatic carbocycles. The van der Waals surface area contributed by atoms with Crippen molar-refractivity contribution in [2.75, 3.05) is 0 Å². The smallest absolute Gasteiger partial charge is 0.256 e. The summed E-state index contributed by atoms with van der Waals surface area (Å²) in [6.07, 6.45) is 1.54. The molecule has 0 aliphatic rings. The summed E-state index contributed by atoms with van der Waals surface area (Å²) in [6.45, 7) is 1.60. The van der Waals surface area contributed by atoms with E-state index in [0.29, 0.717) is 0 Å². The van der Waals surface area contributed by atoms with Crippen molar-refractivity contribution in [2.24, 2.45) is 5.84 Å². The molecule has 5 heteroatoms. The van der Waals surface area contributed by atoms with E-state index in [-0.39, 0.29) is 5.56 Å². The number of aromatic nitrogens is 1. The van der Waals surface area contributed by atoms with Gasteiger partial charge in [0, 0.05) is 12.3 Å². The van der Waals surface area contributed by atoms with Gasteiger partial charge in [0.15, 0.2) is 0 Å². The Bertz CT molecular complexity index is 358. The van der Waals surface area contributed by atoms with Gasteiger partial charge < -0.3 is 4.57 Å². The van der Waals surface area contributed by atoms with Gasteiger partial charge in [-0.05, 0) is 13.0 Å². The maximum absolute atomic E-state index is 11.2. The summed E-state index contributed by atoms with van der Waals surface area (Å²) in [5.74, 6) is 4.55. The largest absolute Gasteiger partial charge is 0.303 e. The predicted molar refractivity (Wildman–Crippen MR) is 47.7 cm³/mol. The minimum absolute atomic E-state index is 0.224. The molecular formula is C8H11N3O2. The minimum Gasteiger partial charge on any atom is -0.303 e. The average Bonchev–Trinajstić information content (AvgIpc) is 2.16. The molecule has 1 rings (SSSR count). The Morgan fingerprint density at radius 1 is 1.62 bits per heavy atom. The van der Waals surface area contributed by atoms with Crippen LogP contribution in [-0.2, 0) is 4.79 Å². The first-order valence-electron chi connectivity index (χ1n) is 3.84. The van der Waals surface area contributed by atoms with Crippen molar-refractivity contribution in [1.82, 2.24) is 9.99 Å². The second-order valence-electron chi connectivity index (χ2n) is 2.63. The van der Waals surface area contributed by atoms with Gasteiger partial charge >= 0.3 is 0 Å². The van der Waals surface area contributed by atoms with E-state index < -0.39 is 11.9 Å². The fraction of sp³-hybridized carbons (Fsp3) is 0.250. The summed E-state index contributed by atoms with van der Waals surface area (Å²) in [4.78, 5) is 22.3. The molecule has 0 aliphatic heterocycles. The van der Waals surface area contributed by atoms with Crippen molar-refractivity contribution in [1.29, 1.82) is 0 Å². The molecule has 1 aromatic heterocycles. The maximum atomic E-state index is 11.2. The van der Waals surface area contributed by atoms with E-state index in [9.17, 15) is 9.59 Å². The normalized spacial score (nSPS) is 12.2. The van der Waals surface area contributed by atoms with E-state index in [1.54, 1.807) is 25.3 Å². The first kappa shape index (κ1) is 9.47. The first-order valence-corrected chi connectivity index (χ1v) is 3.84. The number of carbonyl (C=O) groups is 1. The van der Waals surface area contributed by atoms with E-state index in [1.807, 2.05) is 5.43 Å². The van der Waals surface area contributed by atoms with Crippen molar-refractivity contribution < 1.29 is 4.79 Å². The Morgan fingerprint density at radius 3 is 2.85 bits per heavy atom. The summed E-state index contributed by atoms with van der Waals surface area (Å²) in [5, 5.41) is 0. The molecule has 0 saturated carbocycles. The van der Waals surface area contributed by atoms with Gasteiger partial charge in [0.05, 0.1) is 0 Å². The molecule has 1 heterocycles. The zero-order chi connectivity index (χ0) is 9.84. The van der Waals surface area contributed by atoms with Gasteiger partial charge in [-0.3, -0.25) is 15.0 Å². The highest BCUT2D eigenvalue weighted by Crippen LogP contribution is 1.99. The van der Waals surface area contributed by atoms with Crippen LogP contribution in [0.1, 0.15) is 13.0 Å². The van der Waals surface area contributed by atoms with Crippen molar-refractivity contribution in [2.45, 2.75) is 13.0 Å². The van der Waals surface area contributed by atoms with E-state index in [1.165, 1.54) is 10.6 Å². The zero-order valence-corrected chi connectivity index (χ0v) is 7.23. The highest BCUT2D eigenvalue weighted by atomic mass is 16.2. The maximum Gasteiger partial charge on any atom is 0.256 e. The molecule has 5 nitrogen and oxygen atoms in total. The summed E-state index contributed by atoms with van der Waals surface area (Å²) < 4.78 is 1.31. The number of carbonyl (C=O) groups excluding carboxylic acids is 1. The van der Waals surface area contributed by atoms with Gasteiger partial charge in [0.1, 0.15) is 6.04 Å². The minimum atomic E-state index is -0.585. The van der Waals surface area contributed by atoms with E-state index >= 15 is 0 Å². The number of nitrogens with one attached hydrogen (secondary N) is 1. The Balaban J connectivity index is 3.02. The fourth-order valence-corrected chi connectivity index (χ4v) is 1.01. The number of hydrogen-bond acceptors (Lipinski definition) is 3. The fourth-order valence-electron chi connectivity index (χ4n) is 1.01. The molecule has 13 heavy (non-hydrogen) atoms. The van der Waals surface area contributed by atoms with Crippen LogP contribution >= 0.6 is 0 Å². The third kappa shape index (κ3) is 1.94. The van der Waals surface area contributed by atoms with Crippen LogP contribution in [0.2, 0.25) is 0 Å². The summed E-state index contributed by atoms with van der Waals surface area (Å²) in [5.41, 5.74) is 1.77. The van der Waals surface area contributed by atoms with Crippen LogP contribution in [0, 0.1) is 0 Å². The van der Waals surface area contributed by atoms with Crippen LogP contribution in [0.25, 0.3) is 0 Å². The summed E-state index contributed by atoms with van der Waals surface area (Å²) >= 11 is 0. The lowest BCUT2D eigenvalue weighted by Crippen LogP contribution is -2.38. The number of pyridine rings is 1. The molecule has 0 bridgehead atoms. The number of nitrogens with zero attached hydrogens (tertiary/aromatic N) is 1. The molecule has 1 aromatic rings. The molecular weight excluding hydrogens is 170 g/mol. The van der Waals surface area contributed by atoms with Gasteiger partial charge in [-0.1, -0.05) is 6.07 Å². The standard InChI is InChI=1S/C8H11N3O2/c1-6(8(13)10-9)11-5-3-2-4-7(11)12/h2-6H,9H2,1H3,(H,10,13). The van der Waals surface area contributed by atoms with E-state index in [4.69, 9.17) is 5.84 Å². The van der Waals surface area contributed by atoms with Gasteiger partial charge in [0.25, 0.3) is 11.5 Å². The third-order valence-corrected chi connectivity index (χ3v) is 1.79. The Labute approximate surface area is 75.1 Å². The molecule has 1 amide bonds. The van der Waals surface area contributed by atoms with Gasteiger partial charge in [-0.15, -0.1) is 0 Å². The van der Waals surface area contributed by atoms with Gasteiger partial charge in [-0.2, -0.15) is 0 Å². The van der Waals surface area contributed by atoms with Crippen LogP contribution < -0.4 is 16.8 Å². The van der Waals surface area contributed by atoms with Crippen molar-refractivity contribution >= 4 is 5.91 Å². The predicted octanol–water partition coefficient (Wildman–Crippen LogP) is -0.601. The van der Waals surface area contributed by atoms with Crippen molar-refractivity contribution in [3.8, 4) is 0 Å². The van der Waals surface area contributed by atoms with Crippen LogP contribution in [0.15, 0.2) is 29.2 Å². The number of hydrazine groups is 1. The van der Waals surface area contributed by atoms with E-state index in [2.05, 4.69) is 0 Å². The van der Waals surface area contributed by atoms with Gasteiger partial charge in [0.2, 0.25) is 0 Å². The molecule has 0 saturated heterocycles. The molecule has 1 atom stereocenters. The SMILES string of the molecule is CC(C(=O)NN)n1ccccc1=O. The quantitative estimate of drug-likeness (QED) is 0.363. The molecule has 1 unspecified atom stereocenters. The molecule has 0 spiro atoms. The van der Waals surface area contributed by atoms with Crippen LogP contribution in [0.4, 0.5) is 0 Å². The van der Waals surface area contributed by atoms with Crippen molar-refractivity contribution in [3.05, 3.63) is 34.7 Å². The Morgan fingerprint density at radius 2 is 2.31 bits per heavy atom. The van der Waals surface area contributed by atoms with Crippen LogP contribution in [0.3, 0.4) is 0 Å². The van der Waals surface area contributed by atoms with E-state index in [0.717, 1.165) is 0 Å². The molecule has 3 N–H and O–H groups in total. The van der Waals surface area contributed by atoms with Crippen LogP contribution in [0.5, 0.6) is 0 Å². The highest BCUT2D eigenvalue weighted by Gasteiger charge is 2.13. The third-order valence-electron chi connectivity index (χ3n) is 1.79. The summed E-state index contributed by atoms with van der Waals surface area (Å²) in [7, 11) is 0. The number of rotatable bonds is 2.